The predicted molar refractivity (Wildman–Crippen MR) is 67.9 cm³/mol. The van der Waals surface area contributed by atoms with Gasteiger partial charge in [-0.25, -0.2) is 13.5 Å². The van der Waals surface area contributed by atoms with Crippen LogP contribution in [0.2, 0.25) is 0 Å². The van der Waals surface area contributed by atoms with Crippen LogP contribution in [0.25, 0.3) is 5.69 Å². The zero-order valence-electron chi connectivity index (χ0n) is 11.1. The van der Waals surface area contributed by atoms with Crippen molar-refractivity contribution in [2.45, 2.75) is 32.9 Å². The number of hydrogen-bond donors (Lipinski definition) is 1. The van der Waals surface area contributed by atoms with Crippen molar-refractivity contribution in [3.05, 3.63) is 41.7 Å². The molecule has 0 fully saturated rings. The largest absolute Gasteiger partial charge is 0.306 e. The molecule has 0 saturated carbocycles. The second-order valence-electron chi connectivity index (χ2n) is 5.35. The van der Waals surface area contributed by atoms with Gasteiger partial charge in [0.05, 0.1) is 11.9 Å². The van der Waals surface area contributed by atoms with Crippen LogP contribution in [0.1, 0.15) is 26.5 Å². The second-order valence-corrected chi connectivity index (χ2v) is 5.35. The SMILES string of the molecule is CC(C)(C)NCc1cn(-c2ccc(F)cc2F)nn1. The summed E-state index contributed by atoms with van der Waals surface area (Å²) in [4.78, 5) is 0. The van der Waals surface area contributed by atoms with Gasteiger partial charge in [0.25, 0.3) is 0 Å². The van der Waals surface area contributed by atoms with Crippen LogP contribution in [0.15, 0.2) is 24.4 Å². The number of nitrogens with one attached hydrogen (secondary N) is 1. The number of hydrogen-bond acceptors (Lipinski definition) is 3. The highest BCUT2D eigenvalue weighted by Crippen LogP contribution is 2.14. The highest BCUT2D eigenvalue weighted by atomic mass is 19.1. The molecule has 1 N–H and O–H groups in total. The molecule has 0 bridgehead atoms. The van der Waals surface area contributed by atoms with E-state index in [0.29, 0.717) is 12.2 Å². The molecular weight excluding hydrogens is 250 g/mol. The number of benzene rings is 1. The molecule has 0 amide bonds. The van der Waals surface area contributed by atoms with Gasteiger partial charge >= 0.3 is 0 Å². The van der Waals surface area contributed by atoms with Crippen molar-refractivity contribution in [2.24, 2.45) is 0 Å². The van der Waals surface area contributed by atoms with Gasteiger partial charge < -0.3 is 5.32 Å². The Bertz CT molecular complexity index is 572. The molecule has 2 aromatic rings. The summed E-state index contributed by atoms with van der Waals surface area (Å²) in [6, 6.07) is 3.34. The monoisotopic (exact) mass is 266 g/mol. The number of rotatable bonds is 3. The summed E-state index contributed by atoms with van der Waals surface area (Å²) in [5, 5.41) is 11.0. The molecule has 1 aromatic heterocycles. The zero-order valence-corrected chi connectivity index (χ0v) is 11.1. The van der Waals surface area contributed by atoms with Gasteiger partial charge in [-0.1, -0.05) is 5.21 Å². The third-order valence-electron chi connectivity index (χ3n) is 2.50. The van der Waals surface area contributed by atoms with Gasteiger partial charge in [-0.2, -0.15) is 0 Å². The van der Waals surface area contributed by atoms with E-state index in [-0.39, 0.29) is 11.2 Å². The smallest absolute Gasteiger partial charge is 0.151 e. The van der Waals surface area contributed by atoms with Crippen molar-refractivity contribution >= 4 is 0 Å². The lowest BCUT2D eigenvalue weighted by Crippen LogP contribution is -2.35. The zero-order chi connectivity index (χ0) is 14.0. The maximum atomic E-state index is 13.6. The van der Waals surface area contributed by atoms with Crippen LogP contribution in [0, 0.1) is 11.6 Å². The predicted octanol–water partition coefficient (Wildman–Crippen LogP) is 2.43. The Morgan fingerprint density at radius 1 is 1.26 bits per heavy atom. The topological polar surface area (TPSA) is 42.7 Å². The molecule has 0 spiro atoms. The number of nitrogens with zero attached hydrogens (tertiary/aromatic N) is 3. The van der Waals surface area contributed by atoms with Crippen LogP contribution in [0.3, 0.4) is 0 Å². The van der Waals surface area contributed by atoms with E-state index < -0.39 is 11.6 Å². The third-order valence-corrected chi connectivity index (χ3v) is 2.50. The first-order chi connectivity index (χ1) is 8.85. The lowest BCUT2D eigenvalue weighted by molar-refractivity contribution is 0.421. The molecule has 0 saturated heterocycles. The van der Waals surface area contributed by atoms with Crippen molar-refractivity contribution in [2.75, 3.05) is 0 Å². The Labute approximate surface area is 110 Å². The van der Waals surface area contributed by atoms with Gasteiger partial charge in [0, 0.05) is 18.2 Å². The maximum Gasteiger partial charge on any atom is 0.151 e. The van der Waals surface area contributed by atoms with E-state index >= 15 is 0 Å². The molecule has 4 nitrogen and oxygen atoms in total. The van der Waals surface area contributed by atoms with Crippen LogP contribution in [0.5, 0.6) is 0 Å². The fraction of sp³-hybridized carbons (Fsp3) is 0.385. The average Bonchev–Trinajstić information content (AvgIpc) is 2.74. The summed E-state index contributed by atoms with van der Waals surface area (Å²) in [5.41, 5.74) is 0.833. The molecule has 0 radical (unpaired) electrons. The normalized spacial score (nSPS) is 11.8. The minimum atomic E-state index is -0.666. The molecule has 19 heavy (non-hydrogen) atoms. The molecule has 102 valence electrons. The fourth-order valence-electron chi connectivity index (χ4n) is 1.52. The van der Waals surface area contributed by atoms with Gasteiger partial charge in [-0.3, -0.25) is 0 Å². The number of aromatic nitrogens is 3. The van der Waals surface area contributed by atoms with E-state index in [1.807, 2.05) is 20.8 Å². The molecule has 0 aliphatic rings. The average molecular weight is 266 g/mol. The molecule has 0 aliphatic heterocycles. The lowest BCUT2D eigenvalue weighted by atomic mass is 10.1. The Morgan fingerprint density at radius 3 is 2.63 bits per heavy atom. The lowest BCUT2D eigenvalue weighted by Gasteiger charge is -2.19. The molecule has 1 aromatic carbocycles. The summed E-state index contributed by atoms with van der Waals surface area (Å²) < 4.78 is 27.7. The first-order valence-electron chi connectivity index (χ1n) is 5.97. The minimum Gasteiger partial charge on any atom is -0.306 e. The van der Waals surface area contributed by atoms with E-state index in [1.165, 1.54) is 16.8 Å². The molecule has 0 aliphatic carbocycles. The van der Waals surface area contributed by atoms with Crippen LogP contribution < -0.4 is 5.32 Å². The highest BCUT2D eigenvalue weighted by molar-refractivity contribution is 5.32. The van der Waals surface area contributed by atoms with Crippen LogP contribution in [0.4, 0.5) is 8.78 Å². The first kappa shape index (κ1) is 13.6. The second kappa shape index (κ2) is 5.05. The van der Waals surface area contributed by atoms with Crippen molar-refractivity contribution in [1.29, 1.82) is 0 Å². The minimum absolute atomic E-state index is 0.0368. The Morgan fingerprint density at radius 2 is 2.00 bits per heavy atom. The van der Waals surface area contributed by atoms with Gasteiger partial charge in [0.1, 0.15) is 11.5 Å². The maximum absolute atomic E-state index is 13.6. The summed E-state index contributed by atoms with van der Waals surface area (Å²) in [6.07, 6.45) is 1.62. The van der Waals surface area contributed by atoms with E-state index in [9.17, 15) is 8.78 Å². The summed E-state index contributed by atoms with van der Waals surface area (Å²) in [7, 11) is 0. The van der Waals surface area contributed by atoms with Crippen molar-refractivity contribution < 1.29 is 8.78 Å². The van der Waals surface area contributed by atoms with Gasteiger partial charge in [-0.15, -0.1) is 5.10 Å². The number of halogens is 2. The van der Waals surface area contributed by atoms with E-state index in [1.54, 1.807) is 6.20 Å². The first-order valence-corrected chi connectivity index (χ1v) is 5.97. The van der Waals surface area contributed by atoms with E-state index in [4.69, 9.17) is 0 Å². The van der Waals surface area contributed by atoms with E-state index in [2.05, 4.69) is 15.6 Å². The molecule has 0 atom stereocenters. The van der Waals surface area contributed by atoms with Crippen LogP contribution in [-0.4, -0.2) is 20.5 Å². The summed E-state index contributed by atoms with van der Waals surface area (Å²) >= 11 is 0. The summed E-state index contributed by atoms with van der Waals surface area (Å²) in [6.45, 7) is 6.65. The molecular formula is C13H16F2N4. The fourth-order valence-corrected chi connectivity index (χ4v) is 1.52. The molecule has 6 heteroatoms. The van der Waals surface area contributed by atoms with Crippen molar-refractivity contribution in [3.8, 4) is 5.69 Å². The van der Waals surface area contributed by atoms with E-state index in [0.717, 1.165) is 6.07 Å². The van der Waals surface area contributed by atoms with Crippen molar-refractivity contribution in [1.82, 2.24) is 20.3 Å². The van der Waals surface area contributed by atoms with Crippen LogP contribution >= 0.6 is 0 Å². The van der Waals surface area contributed by atoms with Gasteiger partial charge in [0.15, 0.2) is 5.82 Å². The highest BCUT2D eigenvalue weighted by Gasteiger charge is 2.12. The van der Waals surface area contributed by atoms with Crippen LogP contribution in [-0.2, 0) is 6.54 Å². The Balaban J connectivity index is 2.16. The molecule has 2 rings (SSSR count). The quantitative estimate of drug-likeness (QED) is 0.927. The van der Waals surface area contributed by atoms with Gasteiger partial charge in [0.2, 0.25) is 0 Å². The molecule has 0 unspecified atom stereocenters. The third kappa shape index (κ3) is 3.57. The Hall–Kier alpha value is -1.82. The standard InChI is InChI=1S/C13H16F2N4/c1-13(2,3)16-7-10-8-19(18-17-10)12-5-4-9(14)6-11(12)15/h4-6,8,16H,7H2,1-3H3. The molecule has 1 heterocycles. The van der Waals surface area contributed by atoms with Crippen molar-refractivity contribution in [3.63, 3.8) is 0 Å². The Kier molecular flexibility index (Phi) is 3.61. The summed E-state index contributed by atoms with van der Waals surface area (Å²) in [5.74, 6) is -1.28. The van der Waals surface area contributed by atoms with Gasteiger partial charge in [-0.05, 0) is 32.9 Å².